The minimum Gasteiger partial charge on any atom is -0.446 e. The van der Waals surface area contributed by atoms with Gasteiger partial charge in [-0.2, -0.15) is 17.0 Å². The second-order valence-electron chi connectivity index (χ2n) is 4.94. The number of nitrogens with zero attached hydrogens (tertiary/aromatic N) is 2. The molecular weight excluding hydrogens is 370 g/mol. The molecule has 1 N–H and O–H groups in total. The van der Waals surface area contributed by atoms with Crippen molar-refractivity contribution in [1.82, 2.24) is 5.32 Å². The number of carbonyl (C=O) groups excluding carboxylic acids is 2. The number of nitrogens with one attached hydrogen (secondary N) is 1. The molecular formula is C15H16ClN3O5S. The number of esters is 1. The summed E-state index contributed by atoms with van der Waals surface area (Å²) in [4.78, 5) is 34.5. The number of thioether (sulfide) groups is 1. The van der Waals surface area contributed by atoms with Gasteiger partial charge in [0.15, 0.2) is 6.10 Å². The maximum atomic E-state index is 12.3. The summed E-state index contributed by atoms with van der Waals surface area (Å²) in [6.45, 7) is 1.42. The lowest BCUT2D eigenvalue weighted by Gasteiger charge is -2.18. The molecule has 0 radical (unpaired) electrons. The third-order valence-electron chi connectivity index (χ3n) is 3.08. The molecule has 0 saturated carbocycles. The Hall–Kier alpha value is -2.31. The van der Waals surface area contributed by atoms with Crippen LogP contribution in [-0.4, -0.2) is 41.0 Å². The van der Waals surface area contributed by atoms with Crippen molar-refractivity contribution in [2.75, 3.05) is 12.0 Å². The Morgan fingerprint density at radius 1 is 1.52 bits per heavy atom. The lowest BCUT2D eigenvalue weighted by Crippen LogP contribution is -2.43. The SMILES string of the molecule is CSCC[C@H](NC(=O)c1ccc([N+](=O)[O-])cc1Cl)C(=O)O[C@@H](C)C#N. The fraction of sp³-hybridized carbons (Fsp3) is 0.400. The van der Waals surface area contributed by atoms with E-state index in [2.05, 4.69) is 5.32 Å². The Labute approximate surface area is 153 Å². The number of nitriles is 1. The summed E-state index contributed by atoms with van der Waals surface area (Å²) >= 11 is 7.39. The van der Waals surface area contributed by atoms with Crippen LogP contribution in [0.5, 0.6) is 0 Å². The van der Waals surface area contributed by atoms with Crippen LogP contribution in [0.2, 0.25) is 5.02 Å². The lowest BCUT2D eigenvalue weighted by atomic mass is 10.1. The van der Waals surface area contributed by atoms with Gasteiger partial charge in [0.2, 0.25) is 0 Å². The zero-order valence-electron chi connectivity index (χ0n) is 13.5. The number of ether oxygens (including phenoxy) is 1. The molecule has 0 spiro atoms. The van der Waals surface area contributed by atoms with Crippen LogP contribution in [0.1, 0.15) is 23.7 Å². The van der Waals surface area contributed by atoms with Crippen LogP contribution < -0.4 is 5.32 Å². The Bertz CT molecular complexity index is 707. The largest absolute Gasteiger partial charge is 0.446 e. The van der Waals surface area contributed by atoms with E-state index in [0.29, 0.717) is 12.2 Å². The highest BCUT2D eigenvalue weighted by molar-refractivity contribution is 7.98. The van der Waals surface area contributed by atoms with Crippen LogP contribution >= 0.6 is 23.4 Å². The minimum absolute atomic E-state index is 0.00236. The molecule has 1 aromatic carbocycles. The van der Waals surface area contributed by atoms with E-state index in [9.17, 15) is 19.7 Å². The topological polar surface area (TPSA) is 122 Å². The van der Waals surface area contributed by atoms with Crippen molar-refractivity contribution in [2.45, 2.75) is 25.5 Å². The summed E-state index contributed by atoms with van der Waals surface area (Å²) in [5.74, 6) is -0.809. The Balaban J connectivity index is 2.92. The van der Waals surface area contributed by atoms with Gasteiger partial charge < -0.3 is 10.1 Å². The van der Waals surface area contributed by atoms with Crippen molar-refractivity contribution in [1.29, 1.82) is 5.26 Å². The normalized spacial score (nSPS) is 12.6. The first-order chi connectivity index (χ1) is 11.8. The lowest BCUT2D eigenvalue weighted by molar-refractivity contribution is -0.384. The van der Waals surface area contributed by atoms with Gasteiger partial charge >= 0.3 is 5.97 Å². The summed E-state index contributed by atoms with van der Waals surface area (Å²) < 4.78 is 4.93. The molecule has 0 heterocycles. The van der Waals surface area contributed by atoms with Gasteiger partial charge in [-0.1, -0.05) is 11.6 Å². The summed E-state index contributed by atoms with van der Waals surface area (Å²) in [7, 11) is 0. The first-order valence-corrected chi connectivity index (χ1v) is 8.91. The van der Waals surface area contributed by atoms with Gasteiger partial charge in [0, 0.05) is 12.1 Å². The molecule has 10 heteroatoms. The van der Waals surface area contributed by atoms with Crippen molar-refractivity contribution in [3.63, 3.8) is 0 Å². The van der Waals surface area contributed by atoms with E-state index in [-0.39, 0.29) is 16.3 Å². The number of non-ortho nitro benzene ring substituents is 1. The average molecular weight is 386 g/mol. The smallest absolute Gasteiger partial charge is 0.329 e. The summed E-state index contributed by atoms with van der Waals surface area (Å²) in [5, 5.41) is 21.8. The first kappa shape index (κ1) is 20.7. The number of hydrogen-bond donors (Lipinski definition) is 1. The van der Waals surface area contributed by atoms with Crippen LogP contribution in [-0.2, 0) is 9.53 Å². The molecule has 0 aliphatic rings. The van der Waals surface area contributed by atoms with Gasteiger partial charge in [-0.3, -0.25) is 14.9 Å². The molecule has 0 aromatic heterocycles. The van der Waals surface area contributed by atoms with E-state index in [1.165, 1.54) is 24.8 Å². The summed E-state index contributed by atoms with van der Waals surface area (Å²) in [5.41, 5.74) is -0.245. The summed E-state index contributed by atoms with van der Waals surface area (Å²) in [6, 6.07) is 4.23. The van der Waals surface area contributed by atoms with Crippen LogP contribution in [0, 0.1) is 21.4 Å². The van der Waals surface area contributed by atoms with Crippen LogP contribution in [0.4, 0.5) is 5.69 Å². The first-order valence-electron chi connectivity index (χ1n) is 7.14. The molecule has 25 heavy (non-hydrogen) atoms. The quantitative estimate of drug-likeness (QED) is 0.414. The maximum Gasteiger partial charge on any atom is 0.329 e. The van der Waals surface area contributed by atoms with E-state index in [1.807, 2.05) is 6.26 Å². The molecule has 2 atom stereocenters. The second kappa shape index (κ2) is 9.86. The molecule has 8 nitrogen and oxygen atoms in total. The van der Waals surface area contributed by atoms with E-state index in [0.717, 1.165) is 12.1 Å². The van der Waals surface area contributed by atoms with E-state index < -0.39 is 28.9 Å². The third kappa shape index (κ3) is 6.25. The highest BCUT2D eigenvalue weighted by atomic mass is 35.5. The highest BCUT2D eigenvalue weighted by Crippen LogP contribution is 2.22. The molecule has 1 amide bonds. The zero-order valence-corrected chi connectivity index (χ0v) is 15.1. The zero-order chi connectivity index (χ0) is 19.0. The fourth-order valence-corrected chi connectivity index (χ4v) is 2.54. The Morgan fingerprint density at radius 3 is 2.72 bits per heavy atom. The Kier molecular flexibility index (Phi) is 8.18. The number of hydrogen-bond acceptors (Lipinski definition) is 7. The van der Waals surface area contributed by atoms with Crippen LogP contribution in [0.15, 0.2) is 18.2 Å². The molecule has 0 unspecified atom stereocenters. The minimum atomic E-state index is -0.956. The van der Waals surface area contributed by atoms with Crippen molar-refractivity contribution < 1.29 is 19.2 Å². The number of amides is 1. The molecule has 0 aliphatic carbocycles. The van der Waals surface area contributed by atoms with Crippen molar-refractivity contribution in [2.24, 2.45) is 0 Å². The number of halogens is 1. The number of benzene rings is 1. The maximum absolute atomic E-state index is 12.3. The van der Waals surface area contributed by atoms with Crippen LogP contribution in [0.25, 0.3) is 0 Å². The summed E-state index contributed by atoms with van der Waals surface area (Å²) in [6.07, 6.45) is 1.20. The van der Waals surface area contributed by atoms with Crippen molar-refractivity contribution >= 4 is 40.9 Å². The number of rotatable bonds is 8. The van der Waals surface area contributed by atoms with Gasteiger partial charge in [-0.05, 0) is 31.4 Å². The number of nitro groups is 1. The highest BCUT2D eigenvalue weighted by Gasteiger charge is 2.25. The number of nitro benzene ring substituents is 1. The van der Waals surface area contributed by atoms with Gasteiger partial charge in [-0.25, -0.2) is 4.79 Å². The van der Waals surface area contributed by atoms with E-state index in [4.69, 9.17) is 21.6 Å². The molecule has 0 bridgehead atoms. The number of carbonyl (C=O) groups is 2. The van der Waals surface area contributed by atoms with E-state index in [1.54, 1.807) is 6.07 Å². The monoisotopic (exact) mass is 385 g/mol. The molecule has 0 saturated heterocycles. The predicted molar refractivity (Wildman–Crippen MR) is 93.5 cm³/mol. The third-order valence-corrected chi connectivity index (χ3v) is 4.04. The standard InChI is InChI=1S/C15H16ClN3O5S/c1-9(8-17)24-15(21)13(5-6-25-2)18-14(20)11-4-3-10(19(22)23)7-12(11)16/h3-4,7,9,13H,5-6H2,1-2H3,(H,18,20)/t9-,13-/m0/s1. The van der Waals surface area contributed by atoms with Crippen LogP contribution in [0.3, 0.4) is 0 Å². The van der Waals surface area contributed by atoms with E-state index >= 15 is 0 Å². The van der Waals surface area contributed by atoms with Crippen molar-refractivity contribution in [3.05, 3.63) is 38.9 Å². The molecule has 134 valence electrons. The molecule has 1 rings (SSSR count). The predicted octanol–water partition coefficient (Wildman–Crippen LogP) is 2.55. The van der Waals surface area contributed by atoms with Gasteiger partial charge in [-0.15, -0.1) is 0 Å². The molecule has 1 aromatic rings. The Morgan fingerprint density at radius 2 is 2.20 bits per heavy atom. The molecule has 0 fully saturated rings. The fourth-order valence-electron chi connectivity index (χ4n) is 1.81. The molecule has 0 aliphatic heterocycles. The van der Waals surface area contributed by atoms with Crippen molar-refractivity contribution in [3.8, 4) is 6.07 Å². The second-order valence-corrected chi connectivity index (χ2v) is 6.33. The average Bonchev–Trinajstić information content (AvgIpc) is 2.57. The van der Waals surface area contributed by atoms with Gasteiger partial charge in [0.25, 0.3) is 11.6 Å². The van der Waals surface area contributed by atoms with Gasteiger partial charge in [0.05, 0.1) is 15.5 Å². The van der Waals surface area contributed by atoms with Gasteiger partial charge in [0.1, 0.15) is 12.1 Å².